The molecule has 1 aromatic carbocycles. The molecule has 0 unspecified atom stereocenters. The second kappa shape index (κ2) is 11.1. The number of oxime groups is 1. The molecule has 1 N–H and O–H groups in total. The first-order chi connectivity index (χ1) is 15.4. The zero-order chi connectivity index (χ0) is 23.0. The molecule has 0 saturated carbocycles. The van der Waals surface area contributed by atoms with Gasteiger partial charge in [-0.2, -0.15) is 5.26 Å². The van der Waals surface area contributed by atoms with E-state index in [2.05, 4.69) is 70.0 Å². The van der Waals surface area contributed by atoms with E-state index in [1.807, 2.05) is 12.1 Å². The average Bonchev–Trinajstić information content (AvgIpc) is 2.79. The second-order valence-electron chi connectivity index (χ2n) is 9.69. The van der Waals surface area contributed by atoms with Gasteiger partial charge in [-0.25, -0.2) is 9.97 Å². The number of piperidine rings is 1. The minimum Gasteiger partial charge on any atom is -0.411 e. The van der Waals surface area contributed by atoms with E-state index in [1.54, 1.807) is 6.20 Å². The molecule has 1 aromatic heterocycles. The van der Waals surface area contributed by atoms with E-state index >= 15 is 0 Å². The number of benzene rings is 1. The van der Waals surface area contributed by atoms with Gasteiger partial charge in [0.1, 0.15) is 11.9 Å². The number of nitriles is 1. The molecule has 7 nitrogen and oxygen atoms in total. The molecule has 7 heteroatoms. The summed E-state index contributed by atoms with van der Waals surface area (Å²) in [5, 5.41) is 21.4. The largest absolute Gasteiger partial charge is 0.411 e. The number of anilines is 1. The minimum atomic E-state index is 0.0932. The molecule has 0 spiro atoms. The highest BCUT2D eigenvalue weighted by atomic mass is 16.4. The van der Waals surface area contributed by atoms with Crippen LogP contribution in [0, 0.1) is 16.7 Å². The van der Waals surface area contributed by atoms with Crippen LogP contribution in [-0.4, -0.2) is 52.0 Å². The third-order valence-electron chi connectivity index (χ3n) is 5.64. The van der Waals surface area contributed by atoms with Crippen molar-refractivity contribution in [3.8, 4) is 6.07 Å². The summed E-state index contributed by atoms with van der Waals surface area (Å²) in [6.07, 6.45) is 5.58. The normalized spacial score (nSPS) is 14.8. The van der Waals surface area contributed by atoms with Crippen LogP contribution in [0.25, 0.3) is 0 Å². The zero-order valence-corrected chi connectivity index (χ0v) is 19.5. The van der Waals surface area contributed by atoms with Crippen LogP contribution >= 0.6 is 0 Å². The van der Waals surface area contributed by atoms with Gasteiger partial charge in [-0.05, 0) is 42.0 Å². The molecule has 0 aliphatic carbocycles. The van der Waals surface area contributed by atoms with Crippen LogP contribution in [0.5, 0.6) is 0 Å². The van der Waals surface area contributed by atoms with Crippen LogP contribution in [-0.2, 0) is 13.0 Å². The highest BCUT2D eigenvalue weighted by Crippen LogP contribution is 2.22. The van der Waals surface area contributed by atoms with Crippen molar-refractivity contribution < 1.29 is 5.21 Å². The molecule has 170 valence electrons. The summed E-state index contributed by atoms with van der Waals surface area (Å²) in [5.41, 5.74) is 3.58. The van der Waals surface area contributed by atoms with Crippen molar-refractivity contribution in [1.29, 1.82) is 5.26 Å². The lowest BCUT2D eigenvalue weighted by atomic mass is 9.95. The molecular formula is C25H34N6O. The fourth-order valence-corrected chi connectivity index (χ4v) is 4.04. The summed E-state index contributed by atoms with van der Waals surface area (Å²) < 4.78 is 0. The Labute approximate surface area is 191 Å². The van der Waals surface area contributed by atoms with Gasteiger partial charge in [-0.15, -0.1) is 0 Å². The van der Waals surface area contributed by atoms with E-state index in [-0.39, 0.29) is 11.2 Å². The van der Waals surface area contributed by atoms with Crippen LogP contribution in [0.3, 0.4) is 0 Å². The first-order valence-corrected chi connectivity index (χ1v) is 11.3. The van der Waals surface area contributed by atoms with Crippen molar-refractivity contribution in [2.24, 2.45) is 10.6 Å². The smallest absolute Gasteiger partial charge is 0.234 e. The van der Waals surface area contributed by atoms with Gasteiger partial charge < -0.3 is 15.0 Å². The van der Waals surface area contributed by atoms with E-state index in [0.29, 0.717) is 0 Å². The number of hydrogen-bond acceptors (Lipinski definition) is 7. The molecule has 2 heterocycles. The van der Waals surface area contributed by atoms with Gasteiger partial charge in [0.2, 0.25) is 5.82 Å². The quantitative estimate of drug-likeness (QED) is 0.493. The van der Waals surface area contributed by atoms with E-state index in [9.17, 15) is 0 Å². The van der Waals surface area contributed by atoms with Gasteiger partial charge in [0.25, 0.3) is 0 Å². The standard InChI is InChI=1S/C25H34N6O/c1-25(2,3)19-31(24-10-13-27-23(17-26)28-24)18-21-8-6-20(7-9-21)5-4-14-30-15-11-22(29-32)12-16-30/h6-10,13,32H,4-5,11-12,14-16,18-19H2,1-3H3. The van der Waals surface area contributed by atoms with Crippen molar-refractivity contribution in [3.05, 3.63) is 53.5 Å². The molecule has 2 aromatic rings. The summed E-state index contributed by atoms with van der Waals surface area (Å²) in [6, 6.07) is 12.7. The molecule has 32 heavy (non-hydrogen) atoms. The van der Waals surface area contributed by atoms with Crippen molar-refractivity contribution in [3.63, 3.8) is 0 Å². The van der Waals surface area contributed by atoms with E-state index in [4.69, 9.17) is 10.5 Å². The van der Waals surface area contributed by atoms with Gasteiger partial charge in [-0.1, -0.05) is 50.2 Å². The monoisotopic (exact) mass is 434 g/mol. The Hall–Kier alpha value is -2.98. The predicted molar refractivity (Wildman–Crippen MR) is 127 cm³/mol. The first kappa shape index (κ1) is 23.7. The fraction of sp³-hybridized carbons (Fsp3) is 0.520. The van der Waals surface area contributed by atoms with Crippen molar-refractivity contribution in [2.75, 3.05) is 31.1 Å². The van der Waals surface area contributed by atoms with Gasteiger partial charge in [0, 0.05) is 45.2 Å². The number of aryl methyl sites for hydroxylation is 1. The van der Waals surface area contributed by atoms with Crippen molar-refractivity contribution in [1.82, 2.24) is 14.9 Å². The Balaban J connectivity index is 1.56. The van der Waals surface area contributed by atoms with Gasteiger partial charge >= 0.3 is 0 Å². The molecule has 1 fully saturated rings. The Kier molecular flexibility index (Phi) is 8.18. The Morgan fingerprint density at radius 1 is 1.12 bits per heavy atom. The van der Waals surface area contributed by atoms with Crippen LogP contribution in [0.1, 0.15) is 57.0 Å². The van der Waals surface area contributed by atoms with E-state index < -0.39 is 0 Å². The zero-order valence-electron chi connectivity index (χ0n) is 19.5. The van der Waals surface area contributed by atoms with Gasteiger partial charge in [0.05, 0.1) is 5.71 Å². The van der Waals surface area contributed by atoms with Crippen LogP contribution in [0.15, 0.2) is 41.7 Å². The number of likely N-dealkylation sites (tertiary alicyclic amines) is 1. The van der Waals surface area contributed by atoms with Crippen LogP contribution < -0.4 is 4.90 Å². The summed E-state index contributed by atoms with van der Waals surface area (Å²) in [6.45, 7) is 11.2. The van der Waals surface area contributed by atoms with E-state index in [0.717, 1.165) is 69.9 Å². The lowest BCUT2D eigenvalue weighted by molar-refractivity contribution is 0.260. The van der Waals surface area contributed by atoms with Gasteiger partial charge in [0.15, 0.2) is 0 Å². The maximum atomic E-state index is 9.16. The molecule has 0 atom stereocenters. The lowest BCUT2D eigenvalue weighted by Crippen LogP contribution is -2.34. The molecule has 0 radical (unpaired) electrons. The minimum absolute atomic E-state index is 0.0932. The number of hydrogen-bond donors (Lipinski definition) is 1. The Morgan fingerprint density at radius 2 is 1.81 bits per heavy atom. The lowest BCUT2D eigenvalue weighted by Gasteiger charge is -2.31. The number of aromatic nitrogens is 2. The average molecular weight is 435 g/mol. The molecule has 1 aliphatic rings. The second-order valence-corrected chi connectivity index (χ2v) is 9.69. The summed E-state index contributed by atoms with van der Waals surface area (Å²) in [7, 11) is 0. The first-order valence-electron chi connectivity index (χ1n) is 11.3. The molecule has 0 bridgehead atoms. The van der Waals surface area contributed by atoms with E-state index in [1.165, 1.54) is 11.1 Å². The third kappa shape index (κ3) is 7.31. The van der Waals surface area contributed by atoms with Crippen molar-refractivity contribution in [2.45, 2.75) is 53.0 Å². The maximum Gasteiger partial charge on any atom is 0.234 e. The summed E-state index contributed by atoms with van der Waals surface area (Å²) >= 11 is 0. The molecule has 0 amide bonds. The maximum absolute atomic E-state index is 9.16. The molecular weight excluding hydrogens is 400 g/mol. The highest BCUT2D eigenvalue weighted by molar-refractivity contribution is 5.84. The van der Waals surface area contributed by atoms with Crippen LogP contribution in [0.2, 0.25) is 0 Å². The SMILES string of the molecule is CC(C)(C)CN(Cc1ccc(CCCN2CCC(=NO)CC2)cc1)c1ccnc(C#N)n1. The summed E-state index contributed by atoms with van der Waals surface area (Å²) in [5.74, 6) is 0.983. The number of nitrogens with zero attached hydrogens (tertiary/aromatic N) is 6. The predicted octanol–water partition coefficient (Wildman–Crippen LogP) is 4.26. The molecule has 1 aliphatic heterocycles. The van der Waals surface area contributed by atoms with Crippen LogP contribution in [0.4, 0.5) is 5.82 Å². The Morgan fingerprint density at radius 3 is 2.44 bits per heavy atom. The number of rotatable bonds is 8. The Bertz CT molecular complexity index is 932. The highest BCUT2D eigenvalue weighted by Gasteiger charge is 2.19. The fourth-order valence-electron chi connectivity index (χ4n) is 4.04. The molecule has 1 saturated heterocycles. The van der Waals surface area contributed by atoms with Gasteiger partial charge in [-0.3, -0.25) is 0 Å². The molecule has 3 rings (SSSR count). The van der Waals surface area contributed by atoms with Crippen molar-refractivity contribution >= 4 is 11.5 Å². The third-order valence-corrected chi connectivity index (χ3v) is 5.64. The topological polar surface area (TPSA) is 88.6 Å². The summed E-state index contributed by atoms with van der Waals surface area (Å²) in [4.78, 5) is 13.1.